The molecule has 0 spiro atoms. The first-order valence-corrected chi connectivity index (χ1v) is 7.82. The summed E-state index contributed by atoms with van der Waals surface area (Å²) < 4.78 is 0. The van der Waals surface area contributed by atoms with Crippen molar-refractivity contribution in [3.63, 3.8) is 0 Å². The highest BCUT2D eigenvalue weighted by Gasteiger charge is 2.24. The molecule has 1 fully saturated rings. The number of rotatable bonds is 5. The minimum atomic E-state index is 0.436. The summed E-state index contributed by atoms with van der Waals surface area (Å²) in [6.07, 6.45) is 0. The monoisotopic (exact) mass is 275 g/mol. The predicted molar refractivity (Wildman–Crippen MR) is 86.1 cm³/mol. The summed E-state index contributed by atoms with van der Waals surface area (Å²) in [6.45, 7) is 12.3. The summed E-state index contributed by atoms with van der Waals surface area (Å²) >= 11 is 0. The van der Waals surface area contributed by atoms with Crippen LogP contribution in [-0.4, -0.2) is 55.6 Å². The largest absolute Gasteiger partial charge is 0.309 e. The van der Waals surface area contributed by atoms with Crippen molar-refractivity contribution < 1.29 is 0 Å². The van der Waals surface area contributed by atoms with Gasteiger partial charge in [0.1, 0.15) is 0 Å². The average Bonchev–Trinajstić information content (AvgIpc) is 2.41. The molecule has 0 aliphatic carbocycles. The third kappa shape index (κ3) is 4.05. The molecule has 1 N–H and O–H groups in total. The normalized spacial score (nSPS) is 22.9. The molecule has 1 heterocycles. The Labute approximate surface area is 124 Å². The zero-order chi connectivity index (χ0) is 14.5. The van der Waals surface area contributed by atoms with Crippen LogP contribution in [-0.2, 0) is 0 Å². The lowest BCUT2D eigenvalue weighted by Gasteiger charge is -2.40. The van der Waals surface area contributed by atoms with E-state index in [1.54, 1.807) is 0 Å². The Morgan fingerprint density at radius 1 is 1.35 bits per heavy atom. The van der Waals surface area contributed by atoms with Gasteiger partial charge in [-0.2, -0.15) is 0 Å². The standard InChI is InChI=1S/C17H29N3/c1-5-18-17(16-8-6-7-14(2)11-16)13-20-10-9-19(4)12-15(20)3/h6-8,11,15,17-18H,5,9-10,12-13H2,1-4H3. The Morgan fingerprint density at radius 3 is 2.80 bits per heavy atom. The first kappa shape index (κ1) is 15.5. The zero-order valence-electron chi connectivity index (χ0n) is 13.4. The van der Waals surface area contributed by atoms with E-state index in [4.69, 9.17) is 0 Å². The molecule has 2 atom stereocenters. The molecule has 0 saturated carbocycles. The number of likely N-dealkylation sites (N-methyl/N-ethyl adjacent to an activating group) is 2. The van der Waals surface area contributed by atoms with Crippen molar-refractivity contribution in [3.8, 4) is 0 Å². The maximum absolute atomic E-state index is 3.65. The molecule has 0 bridgehead atoms. The molecule has 1 saturated heterocycles. The molecule has 3 nitrogen and oxygen atoms in total. The van der Waals surface area contributed by atoms with E-state index in [1.165, 1.54) is 30.8 Å². The SMILES string of the molecule is CCNC(CN1CCN(C)CC1C)c1cccc(C)c1. The summed E-state index contributed by atoms with van der Waals surface area (Å²) in [4.78, 5) is 5.05. The number of aryl methyl sites for hydroxylation is 1. The van der Waals surface area contributed by atoms with Gasteiger partial charge in [-0.25, -0.2) is 0 Å². The summed E-state index contributed by atoms with van der Waals surface area (Å²) in [5.74, 6) is 0. The molecule has 0 amide bonds. The highest BCUT2D eigenvalue weighted by molar-refractivity contribution is 5.25. The fraction of sp³-hybridized carbons (Fsp3) is 0.647. The molecule has 2 unspecified atom stereocenters. The third-order valence-corrected chi connectivity index (χ3v) is 4.28. The predicted octanol–water partition coefficient (Wildman–Crippen LogP) is 2.28. The number of nitrogens with one attached hydrogen (secondary N) is 1. The van der Waals surface area contributed by atoms with E-state index in [2.05, 4.69) is 67.2 Å². The van der Waals surface area contributed by atoms with Crippen molar-refractivity contribution in [2.24, 2.45) is 0 Å². The molecule has 1 aliphatic heterocycles. The lowest BCUT2D eigenvalue weighted by Crippen LogP contribution is -2.52. The summed E-state index contributed by atoms with van der Waals surface area (Å²) in [7, 11) is 2.22. The van der Waals surface area contributed by atoms with Crippen LogP contribution < -0.4 is 5.32 Å². The quantitative estimate of drug-likeness (QED) is 0.889. The Morgan fingerprint density at radius 2 is 2.15 bits per heavy atom. The average molecular weight is 275 g/mol. The van der Waals surface area contributed by atoms with Gasteiger partial charge in [-0.1, -0.05) is 36.8 Å². The van der Waals surface area contributed by atoms with Crippen LogP contribution in [0.1, 0.15) is 31.0 Å². The molecule has 1 aliphatic rings. The van der Waals surface area contributed by atoms with Crippen molar-refractivity contribution >= 4 is 0 Å². The lowest BCUT2D eigenvalue weighted by molar-refractivity contribution is 0.0906. The highest BCUT2D eigenvalue weighted by Crippen LogP contribution is 2.18. The Hall–Kier alpha value is -0.900. The van der Waals surface area contributed by atoms with Gasteiger partial charge in [0.05, 0.1) is 0 Å². The topological polar surface area (TPSA) is 18.5 Å². The van der Waals surface area contributed by atoms with E-state index >= 15 is 0 Å². The van der Waals surface area contributed by atoms with E-state index in [9.17, 15) is 0 Å². The second-order valence-corrected chi connectivity index (χ2v) is 6.13. The van der Waals surface area contributed by atoms with Gasteiger partial charge < -0.3 is 10.2 Å². The van der Waals surface area contributed by atoms with Crippen molar-refractivity contribution in [1.82, 2.24) is 15.1 Å². The van der Waals surface area contributed by atoms with Crippen molar-refractivity contribution in [3.05, 3.63) is 35.4 Å². The molecule has 1 aromatic carbocycles. The van der Waals surface area contributed by atoms with Gasteiger partial charge in [-0.05, 0) is 33.0 Å². The van der Waals surface area contributed by atoms with Crippen LogP contribution in [0.3, 0.4) is 0 Å². The second-order valence-electron chi connectivity index (χ2n) is 6.13. The van der Waals surface area contributed by atoms with E-state index in [0.29, 0.717) is 12.1 Å². The molecule has 0 radical (unpaired) electrons. The van der Waals surface area contributed by atoms with Crippen LogP contribution in [0.25, 0.3) is 0 Å². The zero-order valence-corrected chi connectivity index (χ0v) is 13.4. The number of benzene rings is 1. The fourth-order valence-electron chi connectivity index (χ4n) is 3.10. The molecule has 0 aromatic heterocycles. The van der Waals surface area contributed by atoms with E-state index in [1.807, 2.05) is 0 Å². The van der Waals surface area contributed by atoms with Crippen molar-refractivity contribution in [2.75, 3.05) is 39.8 Å². The number of piperazine rings is 1. The van der Waals surface area contributed by atoms with Crippen LogP contribution in [0.4, 0.5) is 0 Å². The maximum atomic E-state index is 3.65. The molecule has 20 heavy (non-hydrogen) atoms. The Bertz CT molecular complexity index is 418. The van der Waals surface area contributed by atoms with E-state index in [-0.39, 0.29) is 0 Å². The molecular formula is C17H29N3. The van der Waals surface area contributed by atoms with Gasteiger partial charge in [0, 0.05) is 38.3 Å². The van der Waals surface area contributed by atoms with Gasteiger partial charge in [0.2, 0.25) is 0 Å². The van der Waals surface area contributed by atoms with Gasteiger partial charge in [0.15, 0.2) is 0 Å². The number of hydrogen-bond acceptors (Lipinski definition) is 3. The molecule has 3 heteroatoms. The molecule has 2 rings (SSSR count). The lowest BCUT2D eigenvalue weighted by atomic mass is 10.0. The van der Waals surface area contributed by atoms with Gasteiger partial charge in [-0.15, -0.1) is 0 Å². The Balaban J connectivity index is 2.05. The van der Waals surface area contributed by atoms with E-state index in [0.717, 1.165) is 13.1 Å². The molecular weight excluding hydrogens is 246 g/mol. The summed E-state index contributed by atoms with van der Waals surface area (Å²) in [5, 5.41) is 3.65. The minimum absolute atomic E-state index is 0.436. The first-order valence-electron chi connectivity index (χ1n) is 7.82. The van der Waals surface area contributed by atoms with Crippen LogP contribution in [0, 0.1) is 6.92 Å². The second kappa shape index (κ2) is 7.21. The fourth-order valence-corrected chi connectivity index (χ4v) is 3.10. The smallest absolute Gasteiger partial charge is 0.0449 e. The van der Waals surface area contributed by atoms with Gasteiger partial charge in [0.25, 0.3) is 0 Å². The number of hydrogen-bond donors (Lipinski definition) is 1. The molecule has 112 valence electrons. The minimum Gasteiger partial charge on any atom is -0.309 e. The van der Waals surface area contributed by atoms with Gasteiger partial charge in [-0.3, -0.25) is 4.90 Å². The first-order chi connectivity index (χ1) is 9.60. The molecule has 1 aromatic rings. The Kier molecular flexibility index (Phi) is 5.58. The van der Waals surface area contributed by atoms with Crippen LogP contribution in [0.5, 0.6) is 0 Å². The number of nitrogens with zero attached hydrogens (tertiary/aromatic N) is 2. The highest BCUT2D eigenvalue weighted by atomic mass is 15.3. The van der Waals surface area contributed by atoms with Crippen LogP contribution in [0.15, 0.2) is 24.3 Å². The van der Waals surface area contributed by atoms with Crippen LogP contribution in [0.2, 0.25) is 0 Å². The van der Waals surface area contributed by atoms with Crippen molar-refractivity contribution in [2.45, 2.75) is 32.9 Å². The van der Waals surface area contributed by atoms with Crippen molar-refractivity contribution in [1.29, 1.82) is 0 Å². The van der Waals surface area contributed by atoms with Crippen LogP contribution >= 0.6 is 0 Å². The maximum Gasteiger partial charge on any atom is 0.0449 e. The van der Waals surface area contributed by atoms with E-state index < -0.39 is 0 Å². The third-order valence-electron chi connectivity index (χ3n) is 4.28. The summed E-state index contributed by atoms with van der Waals surface area (Å²) in [5.41, 5.74) is 2.76. The summed E-state index contributed by atoms with van der Waals surface area (Å²) in [6, 6.07) is 9.98. The van der Waals surface area contributed by atoms with Gasteiger partial charge >= 0.3 is 0 Å².